The summed E-state index contributed by atoms with van der Waals surface area (Å²) in [6.07, 6.45) is 1.89. The second-order valence-electron chi connectivity index (χ2n) is 5.50. The van der Waals surface area contributed by atoms with Crippen molar-refractivity contribution >= 4 is 15.7 Å². The molecule has 0 spiro atoms. The first-order valence-electron chi connectivity index (χ1n) is 7.30. The number of hydrogen-bond acceptors (Lipinski definition) is 4. The van der Waals surface area contributed by atoms with E-state index in [9.17, 15) is 8.42 Å². The van der Waals surface area contributed by atoms with Crippen LogP contribution in [0.3, 0.4) is 0 Å². The summed E-state index contributed by atoms with van der Waals surface area (Å²) in [6, 6.07) is 6.83. The molecule has 0 aromatic heterocycles. The Morgan fingerprint density at radius 1 is 1.24 bits per heavy atom. The summed E-state index contributed by atoms with van der Waals surface area (Å²) >= 11 is 0. The van der Waals surface area contributed by atoms with Crippen molar-refractivity contribution in [2.45, 2.75) is 39.7 Å². The summed E-state index contributed by atoms with van der Waals surface area (Å²) in [5.74, 6) is 1.07. The number of rotatable bonds is 9. The summed E-state index contributed by atoms with van der Waals surface area (Å²) in [5.41, 5.74) is 6.22. The van der Waals surface area contributed by atoms with Crippen LogP contribution in [0, 0.1) is 5.92 Å². The lowest BCUT2D eigenvalue weighted by Crippen LogP contribution is -2.36. The molecule has 0 fully saturated rings. The molecule has 0 radical (unpaired) electrons. The molecule has 2 atom stereocenters. The standard InChI is InChI=1S/C15H26N2O3S/c1-4-12(2)11-13(3)17-21(18,19)10-9-20-15-7-5-14(16)6-8-15/h5-8,12-13,17H,4,9-11,16H2,1-3H3. The fourth-order valence-electron chi connectivity index (χ4n) is 2.02. The van der Waals surface area contributed by atoms with E-state index in [-0.39, 0.29) is 18.4 Å². The van der Waals surface area contributed by atoms with Gasteiger partial charge in [-0.05, 0) is 43.5 Å². The van der Waals surface area contributed by atoms with Crippen LogP contribution in [0.25, 0.3) is 0 Å². The van der Waals surface area contributed by atoms with Crippen LogP contribution in [0.1, 0.15) is 33.6 Å². The molecule has 0 saturated heterocycles. The number of benzene rings is 1. The van der Waals surface area contributed by atoms with Gasteiger partial charge in [0, 0.05) is 11.7 Å². The number of ether oxygens (including phenoxy) is 1. The summed E-state index contributed by atoms with van der Waals surface area (Å²) in [6.45, 7) is 6.24. The second kappa shape index (κ2) is 8.24. The van der Waals surface area contributed by atoms with E-state index >= 15 is 0 Å². The zero-order chi connectivity index (χ0) is 15.9. The number of hydrogen-bond donors (Lipinski definition) is 2. The van der Waals surface area contributed by atoms with Gasteiger partial charge >= 0.3 is 0 Å². The topological polar surface area (TPSA) is 81.4 Å². The molecule has 21 heavy (non-hydrogen) atoms. The van der Waals surface area contributed by atoms with E-state index in [0.29, 0.717) is 17.4 Å². The highest BCUT2D eigenvalue weighted by Crippen LogP contribution is 2.13. The molecule has 2 unspecified atom stereocenters. The third-order valence-corrected chi connectivity index (χ3v) is 4.80. The number of nitrogens with one attached hydrogen (secondary N) is 1. The Morgan fingerprint density at radius 3 is 2.43 bits per heavy atom. The predicted molar refractivity (Wildman–Crippen MR) is 86.8 cm³/mol. The Labute approximate surface area is 127 Å². The molecule has 120 valence electrons. The highest BCUT2D eigenvalue weighted by Gasteiger charge is 2.16. The summed E-state index contributed by atoms with van der Waals surface area (Å²) in [7, 11) is -3.31. The number of anilines is 1. The summed E-state index contributed by atoms with van der Waals surface area (Å²) in [5, 5.41) is 0. The SMILES string of the molecule is CCC(C)CC(C)NS(=O)(=O)CCOc1ccc(N)cc1. The Kier molecular flexibility index (Phi) is 6.98. The van der Waals surface area contributed by atoms with E-state index in [1.54, 1.807) is 24.3 Å². The van der Waals surface area contributed by atoms with Crippen LogP contribution < -0.4 is 15.2 Å². The lowest BCUT2D eigenvalue weighted by Gasteiger charge is -2.17. The molecule has 0 bridgehead atoms. The van der Waals surface area contributed by atoms with Crippen molar-refractivity contribution in [1.29, 1.82) is 0 Å². The lowest BCUT2D eigenvalue weighted by molar-refractivity contribution is 0.339. The zero-order valence-electron chi connectivity index (χ0n) is 13.0. The Morgan fingerprint density at radius 2 is 1.86 bits per heavy atom. The maximum atomic E-state index is 11.9. The normalized spacial score (nSPS) is 14.6. The first-order chi connectivity index (χ1) is 9.82. The minimum absolute atomic E-state index is 0.0534. The first-order valence-corrected chi connectivity index (χ1v) is 8.96. The van der Waals surface area contributed by atoms with E-state index in [0.717, 1.165) is 12.8 Å². The van der Waals surface area contributed by atoms with Gasteiger partial charge in [-0.3, -0.25) is 0 Å². The predicted octanol–water partition coefficient (Wildman–Crippen LogP) is 2.39. The molecule has 0 heterocycles. The highest BCUT2D eigenvalue weighted by molar-refractivity contribution is 7.89. The molecule has 0 saturated carbocycles. The van der Waals surface area contributed by atoms with Crippen LogP contribution in [0.4, 0.5) is 5.69 Å². The van der Waals surface area contributed by atoms with Gasteiger partial charge in [0.2, 0.25) is 10.0 Å². The van der Waals surface area contributed by atoms with Crippen molar-refractivity contribution in [3.63, 3.8) is 0 Å². The smallest absolute Gasteiger partial charge is 0.215 e. The molecule has 1 rings (SSSR count). The molecule has 0 aliphatic heterocycles. The maximum absolute atomic E-state index is 11.9. The molecule has 3 N–H and O–H groups in total. The van der Waals surface area contributed by atoms with Gasteiger partial charge in [0.25, 0.3) is 0 Å². The van der Waals surface area contributed by atoms with Crippen molar-refractivity contribution in [2.24, 2.45) is 5.92 Å². The van der Waals surface area contributed by atoms with Crippen LogP contribution >= 0.6 is 0 Å². The van der Waals surface area contributed by atoms with Gasteiger partial charge < -0.3 is 10.5 Å². The first kappa shape index (κ1) is 17.8. The molecule has 0 aliphatic carbocycles. The van der Waals surface area contributed by atoms with E-state index in [4.69, 9.17) is 10.5 Å². The fraction of sp³-hybridized carbons (Fsp3) is 0.600. The minimum Gasteiger partial charge on any atom is -0.492 e. The third-order valence-electron chi connectivity index (χ3n) is 3.33. The van der Waals surface area contributed by atoms with Gasteiger partial charge in [-0.15, -0.1) is 0 Å². The molecule has 5 nitrogen and oxygen atoms in total. The van der Waals surface area contributed by atoms with Gasteiger partial charge in [0.15, 0.2) is 0 Å². The third kappa shape index (κ3) is 7.34. The summed E-state index contributed by atoms with van der Waals surface area (Å²) in [4.78, 5) is 0. The number of nitrogen functional groups attached to an aromatic ring is 1. The van der Waals surface area contributed by atoms with Gasteiger partial charge in [0.05, 0.1) is 5.75 Å². The van der Waals surface area contributed by atoms with Crippen LogP contribution in [0.15, 0.2) is 24.3 Å². The molecule has 6 heteroatoms. The minimum atomic E-state index is -3.31. The fourth-order valence-corrected chi connectivity index (χ4v) is 3.15. The molecular weight excluding hydrogens is 288 g/mol. The highest BCUT2D eigenvalue weighted by atomic mass is 32.2. The number of nitrogens with two attached hydrogens (primary N) is 1. The molecule has 0 amide bonds. The Balaban J connectivity index is 2.37. The number of sulfonamides is 1. The van der Waals surface area contributed by atoms with E-state index in [1.807, 2.05) is 6.92 Å². The second-order valence-corrected chi connectivity index (χ2v) is 7.38. The maximum Gasteiger partial charge on any atom is 0.215 e. The average Bonchev–Trinajstić information content (AvgIpc) is 2.40. The Bertz CT molecular complexity index is 514. The van der Waals surface area contributed by atoms with Crippen LogP contribution in [0.2, 0.25) is 0 Å². The Hall–Kier alpha value is -1.27. The van der Waals surface area contributed by atoms with Crippen molar-refractivity contribution in [3.8, 4) is 5.75 Å². The monoisotopic (exact) mass is 314 g/mol. The van der Waals surface area contributed by atoms with E-state index in [2.05, 4.69) is 18.6 Å². The van der Waals surface area contributed by atoms with Gasteiger partial charge in [-0.1, -0.05) is 20.3 Å². The average molecular weight is 314 g/mol. The van der Waals surface area contributed by atoms with E-state index in [1.165, 1.54) is 0 Å². The van der Waals surface area contributed by atoms with Gasteiger partial charge in [-0.2, -0.15) is 0 Å². The van der Waals surface area contributed by atoms with E-state index < -0.39 is 10.0 Å². The van der Waals surface area contributed by atoms with Gasteiger partial charge in [-0.25, -0.2) is 13.1 Å². The lowest BCUT2D eigenvalue weighted by atomic mass is 10.0. The van der Waals surface area contributed by atoms with Crippen molar-refractivity contribution in [3.05, 3.63) is 24.3 Å². The van der Waals surface area contributed by atoms with Crippen LogP contribution in [0.5, 0.6) is 5.75 Å². The zero-order valence-corrected chi connectivity index (χ0v) is 13.8. The molecule has 1 aromatic rings. The van der Waals surface area contributed by atoms with Crippen molar-refractivity contribution in [2.75, 3.05) is 18.1 Å². The largest absolute Gasteiger partial charge is 0.492 e. The van der Waals surface area contributed by atoms with Crippen molar-refractivity contribution in [1.82, 2.24) is 4.72 Å². The molecule has 0 aliphatic rings. The molecule has 1 aromatic carbocycles. The molecular formula is C15H26N2O3S. The van der Waals surface area contributed by atoms with Crippen molar-refractivity contribution < 1.29 is 13.2 Å². The van der Waals surface area contributed by atoms with Crippen LogP contribution in [-0.4, -0.2) is 26.8 Å². The van der Waals surface area contributed by atoms with Crippen LogP contribution in [-0.2, 0) is 10.0 Å². The van der Waals surface area contributed by atoms with Gasteiger partial charge in [0.1, 0.15) is 12.4 Å². The quantitative estimate of drug-likeness (QED) is 0.686. The summed E-state index contributed by atoms with van der Waals surface area (Å²) < 4.78 is 32.0.